The van der Waals surface area contributed by atoms with E-state index in [4.69, 9.17) is 10.1 Å². The Morgan fingerprint density at radius 3 is 2.71 bits per heavy atom. The van der Waals surface area contributed by atoms with Crippen molar-refractivity contribution in [3.05, 3.63) is 85.1 Å². The van der Waals surface area contributed by atoms with Gasteiger partial charge >= 0.3 is 0 Å². The number of aromatic amines is 1. The Balaban J connectivity index is 1.39. The smallest absolute Gasteiger partial charge is 0.156 e. The van der Waals surface area contributed by atoms with Gasteiger partial charge in [-0.25, -0.2) is 13.9 Å². The summed E-state index contributed by atoms with van der Waals surface area (Å²) in [7, 11) is 0. The molecule has 186 valence electrons. The van der Waals surface area contributed by atoms with Crippen molar-refractivity contribution in [2.24, 2.45) is 0 Å². The van der Waals surface area contributed by atoms with Crippen LogP contribution in [0.15, 0.2) is 79.3 Å². The monoisotopic (exact) mass is 502 g/mol. The van der Waals surface area contributed by atoms with Crippen molar-refractivity contribution in [2.45, 2.75) is 18.5 Å². The van der Waals surface area contributed by atoms with E-state index in [0.29, 0.717) is 17.7 Å². The van der Waals surface area contributed by atoms with E-state index in [1.807, 2.05) is 47.1 Å². The number of benzene rings is 2. The van der Waals surface area contributed by atoms with Gasteiger partial charge in [-0.2, -0.15) is 10.2 Å². The third-order valence-corrected chi connectivity index (χ3v) is 7.77. The molecule has 8 nitrogen and oxygen atoms in total. The van der Waals surface area contributed by atoms with E-state index in [9.17, 15) is 4.39 Å². The van der Waals surface area contributed by atoms with E-state index in [-0.39, 0.29) is 5.82 Å². The summed E-state index contributed by atoms with van der Waals surface area (Å²) in [4.78, 5) is 11.5. The Hall–Kier alpha value is -4.63. The van der Waals surface area contributed by atoms with Gasteiger partial charge in [0, 0.05) is 71.4 Å². The lowest BCUT2D eigenvalue weighted by Gasteiger charge is -2.31. The molecule has 2 bridgehead atoms. The zero-order valence-corrected chi connectivity index (χ0v) is 20.3. The summed E-state index contributed by atoms with van der Waals surface area (Å²) in [6, 6.07) is 19.8. The summed E-state index contributed by atoms with van der Waals surface area (Å²) in [6.45, 7) is 1.77. The number of aromatic nitrogens is 6. The summed E-state index contributed by atoms with van der Waals surface area (Å²) in [6.07, 6.45) is 6.41. The van der Waals surface area contributed by atoms with E-state index < -0.39 is 0 Å². The van der Waals surface area contributed by atoms with E-state index in [2.05, 4.69) is 37.5 Å². The number of nitrogens with zero attached hydrogens (tertiary/aromatic N) is 6. The van der Waals surface area contributed by atoms with E-state index >= 15 is 0 Å². The van der Waals surface area contributed by atoms with Crippen LogP contribution >= 0.6 is 0 Å². The molecule has 2 N–H and O–H groups in total. The Morgan fingerprint density at radius 2 is 1.87 bits per heavy atom. The molecule has 38 heavy (non-hydrogen) atoms. The van der Waals surface area contributed by atoms with Gasteiger partial charge < -0.3 is 10.2 Å². The molecular formula is C29H23FN8. The molecule has 0 amide bonds. The molecule has 4 aromatic heterocycles. The lowest BCUT2D eigenvalue weighted by molar-refractivity contribution is 0.577. The van der Waals surface area contributed by atoms with Crippen LogP contribution in [0.4, 0.5) is 10.1 Å². The summed E-state index contributed by atoms with van der Waals surface area (Å²) in [5, 5.41) is 16.8. The maximum atomic E-state index is 14.7. The summed E-state index contributed by atoms with van der Waals surface area (Å²) < 4.78 is 16.6. The van der Waals surface area contributed by atoms with Gasteiger partial charge in [0.2, 0.25) is 0 Å². The van der Waals surface area contributed by atoms with Gasteiger partial charge in [0.25, 0.3) is 0 Å². The molecule has 2 atom stereocenters. The normalized spacial score (nSPS) is 18.7. The average molecular weight is 503 g/mol. The molecule has 6 heterocycles. The zero-order valence-electron chi connectivity index (χ0n) is 20.3. The van der Waals surface area contributed by atoms with Crippen molar-refractivity contribution >= 4 is 22.2 Å². The highest BCUT2D eigenvalue weighted by molar-refractivity contribution is 5.94. The lowest BCUT2D eigenvalue weighted by atomic mass is 10.0. The van der Waals surface area contributed by atoms with Gasteiger partial charge in [-0.1, -0.05) is 12.1 Å². The van der Waals surface area contributed by atoms with Gasteiger partial charge in [0.1, 0.15) is 5.82 Å². The predicted octanol–water partition coefficient (Wildman–Crippen LogP) is 4.69. The fraction of sp³-hybridized carbons (Fsp3) is 0.172. The number of rotatable bonds is 4. The minimum Gasteiger partial charge on any atom is -0.365 e. The minimum atomic E-state index is -0.244. The predicted molar refractivity (Wildman–Crippen MR) is 144 cm³/mol. The van der Waals surface area contributed by atoms with Crippen LogP contribution in [-0.4, -0.2) is 55.0 Å². The first-order valence-corrected chi connectivity index (χ1v) is 12.7. The maximum Gasteiger partial charge on any atom is 0.156 e. The molecule has 0 radical (unpaired) electrons. The first-order chi connectivity index (χ1) is 18.7. The fourth-order valence-corrected chi connectivity index (χ4v) is 5.97. The number of hydrogen-bond donors (Lipinski definition) is 2. The highest BCUT2D eigenvalue weighted by atomic mass is 19.1. The molecule has 2 saturated heterocycles. The highest BCUT2D eigenvalue weighted by Crippen LogP contribution is 2.39. The van der Waals surface area contributed by atoms with E-state index in [0.717, 1.165) is 69.9 Å². The number of H-pyrrole nitrogens is 1. The van der Waals surface area contributed by atoms with Crippen LogP contribution in [0.5, 0.6) is 0 Å². The van der Waals surface area contributed by atoms with Crippen molar-refractivity contribution in [1.82, 2.24) is 35.1 Å². The van der Waals surface area contributed by atoms with Crippen LogP contribution in [-0.2, 0) is 0 Å². The average Bonchev–Trinajstić information content (AvgIpc) is 3.76. The molecule has 2 aliphatic heterocycles. The van der Waals surface area contributed by atoms with Crippen LogP contribution in [0.3, 0.4) is 0 Å². The van der Waals surface area contributed by atoms with Crippen LogP contribution in [0.25, 0.3) is 50.3 Å². The second kappa shape index (κ2) is 8.19. The molecule has 0 spiro atoms. The molecule has 0 unspecified atom stereocenters. The van der Waals surface area contributed by atoms with Crippen molar-refractivity contribution in [3.8, 4) is 33.8 Å². The van der Waals surface area contributed by atoms with Crippen LogP contribution in [0, 0.1) is 5.82 Å². The largest absolute Gasteiger partial charge is 0.365 e. The third-order valence-electron chi connectivity index (χ3n) is 7.77. The Labute approximate surface area is 217 Å². The molecule has 6 aromatic rings. The van der Waals surface area contributed by atoms with Crippen molar-refractivity contribution < 1.29 is 4.39 Å². The highest BCUT2D eigenvalue weighted by Gasteiger charge is 2.38. The van der Waals surface area contributed by atoms with Crippen LogP contribution in [0.2, 0.25) is 0 Å². The molecule has 8 rings (SSSR count). The molecule has 2 fully saturated rings. The van der Waals surface area contributed by atoms with Crippen molar-refractivity contribution in [3.63, 3.8) is 0 Å². The summed E-state index contributed by atoms with van der Waals surface area (Å²) in [5.41, 5.74) is 7.86. The molecule has 0 saturated carbocycles. The van der Waals surface area contributed by atoms with Gasteiger partial charge in [-0.15, -0.1) is 0 Å². The topological polar surface area (TPSA) is 87.0 Å². The van der Waals surface area contributed by atoms with Gasteiger partial charge in [0.15, 0.2) is 5.65 Å². The second-order valence-corrected chi connectivity index (χ2v) is 10.0. The molecular weight excluding hydrogens is 479 g/mol. The third kappa shape index (κ3) is 3.32. The maximum absolute atomic E-state index is 14.7. The first kappa shape index (κ1) is 21.5. The van der Waals surface area contributed by atoms with Crippen LogP contribution in [0.1, 0.15) is 6.42 Å². The molecule has 2 aromatic carbocycles. The van der Waals surface area contributed by atoms with E-state index in [1.54, 1.807) is 18.5 Å². The Bertz CT molecular complexity index is 1830. The van der Waals surface area contributed by atoms with E-state index in [1.165, 1.54) is 6.07 Å². The number of piperazine rings is 1. The van der Waals surface area contributed by atoms with Gasteiger partial charge in [-0.05, 0) is 48.9 Å². The number of anilines is 1. The Kier molecular flexibility index (Phi) is 4.62. The van der Waals surface area contributed by atoms with Crippen LogP contribution < -0.4 is 10.2 Å². The standard InChI is InChI=1S/C29H23FN8/c30-18-4-5-22(27(10-18)37-16-19-11-20(37)14-32-19)28-12-26(21-2-1-3-24-23(21)15-33-35-24)34-29-13-25(36-38(28)29)17-6-8-31-9-7-17/h1-10,12-13,15,19-20,32H,11,14,16H2,(H,33,35)/t19-,20-/m0/s1. The number of hydrogen-bond acceptors (Lipinski definition) is 6. The zero-order chi connectivity index (χ0) is 25.2. The molecule has 0 aliphatic carbocycles. The molecule has 2 aliphatic rings. The minimum absolute atomic E-state index is 0.244. The second-order valence-electron chi connectivity index (χ2n) is 10.0. The number of halogens is 1. The quantitative estimate of drug-likeness (QED) is 0.364. The van der Waals surface area contributed by atoms with Crippen molar-refractivity contribution in [2.75, 3.05) is 18.0 Å². The number of fused-ring (bicyclic) bond motifs is 4. The van der Waals surface area contributed by atoms with Gasteiger partial charge in [-0.3, -0.25) is 10.1 Å². The summed E-state index contributed by atoms with van der Waals surface area (Å²) >= 11 is 0. The molecule has 9 heteroatoms. The number of pyridine rings is 1. The lowest BCUT2D eigenvalue weighted by Crippen LogP contribution is -2.43. The summed E-state index contributed by atoms with van der Waals surface area (Å²) in [5.74, 6) is -0.244. The SMILES string of the molecule is Fc1ccc(-c2cc(-c3cccc4[nH]ncc34)nc3cc(-c4ccncc4)nn23)c(N2C[C@@H]3C[C@H]2CN3)c1. The first-order valence-electron chi connectivity index (χ1n) is 12.7. The fourth-order valence-electron chi connectivity index (χ4n) is 5.97. The van der Waals surface area contributed by atoms with Crippen molar-refractivity contribution in [1.29, 1.82) is 0 Å². The Morgan fingerprint density at radius 1 is 0.947 bits per heavy atom. The van der Waals surface area contributed by atoms with Gasteiger partial charge in [0.05, 0.1) is 28.8 Å². The number of nitrogens with one attached hydrogen (secondary N) is 2.